The lowest BCUT2D eigenvalue weighted by Crippen LogP contribution is -2.13. The molecule has 0 saturated heterocycles. The molecule has 1 aromatic carbocycles. The van der Waals surface area contributed by atoms with Crippen LogP contribution >= 0.6 is 0 Å². The Morgan fingerprint density at radius 3 is 2.17 bits per heavy atom. The minimum absolute atomic E-state index is 0.123. The Labute approximate surface area is 69.0 Å². The Morgan fingerprint density at radius 1 is 1.08 bits per heavy atom. The average molecular weight is 174 g/mol. The molecule has 0 aliphatic rings. The van der Waals surface area contributed by atoms with Gasteiger partial charge in [-0.3, -0.25) is 4.39 Å². The second kappa shape index (κ2) is 3.61. The topological polar surface area (TPSA) is 0 Å². The molecule has 0 spiro atoms. The van der Waals surface area contributed by atoms with Gasteiger partial charge in [-0.1, -0.05) is 30.3 Å². The van der Waals surface area contributed by atoms with Gasteiger partial charge in [-0.2, -0.15) is 0 Å². The number of rotatable bonds is 3. The van der Waals surface area contributed by atoms with E-state index in [9.17, 15) is 13.2 Å². The highest BCUT2D eigenvalue weighted by Crippen LogP contribution is 2.30. The molecule has 0 atom stereocenters. The minimum atomic E-state index is -3.03. The van der Waals surface area contributed by atoms with Gasteiger partial charge in [0.05, 0.1) is 6.67 Å². The molecular weight excluding hydrogens is 165 g/mol. The Hall–Kier alpha value is -0.990. The molecule has 66 valence electrons. The van der Waals surface area contributed by atoms with Crippen LogP contribution in [0.1, 0.15) is 12.0 Å². The van der Waals surface area contributed by atoms with Gasteiger partial charge in [-0.15, -0.1) is 0 Å². The van der Waals surface area contributed by atoms with E-state index in [1.165, 1.54) is 24.3 Å². The van der Waals surface area contributed by atoms with E-state index >= 15 is 0 Å². The first-order chi connectivity index (χ1) is 5.67. The van der Waals surface area contributed by atoms with Crippen molar-refractivity contribution < 1.29 is 13.2 Å². The van der Waals surface area contributed by atoms with Gasteiger partial charge in [0.15, 0.2) is 0 Å². The molecule has 0 aromatic heterocycles. The van der Waals surface area contributed by atoms with Gasteiger partial charge in [-0.05, 0) is 0 Å². The molecule has 0 radical (unpaired) electrons. The molecule has 0 fully saturated rings. The highest BCUT2D eigenvalue weighted by Gasteiger charge is 2.30. The quantitative estimate of drug-likeness (QED) is 0.660. The standard InChI is InChI=1S/C9H9F3/c10-7-6-9(11,12)8-4-2-1-3-5-8/h1-5H,6-7H2. The Kier molecular flexibility index (Phi) is 2.74. The van der Waals surface area contributed by atoms with Crippen LogP contribution in [0.5, 0.6) is 0 Å². The Bertz CT molecular complexity index is 231. The lowest BCUT2D eigenvalue weighted by atomic mass is 10.1. The maximum absolute atomic E-state index is 12.9. The van der Waals surface area contributed by atoms with Crippen molar-refractivity contribution in [2.24, 2.45) is 0 Å². The van der Waals surface area contributed by atoms with Crippen molar-refractivity contribution >= 4 is 0 Å². The summed E-state index contributed by atoms with van der Waals surface area (Å²) in [5.41, 5.74) is -0.123. The van der Waals surface area contributed by atoms with Crippen LogP contribution in [0.3, 0.4) is 0 Å². The van der Waals surface area contributed by atoms with Crippen molar-refractivity contribution in [2.45, 2.75) is 12.3 Å². The van der Waals surface area contributed by atoms with Crippen LogP contribution in [-0.2, 0) is 5.92 Å². The zero-order valence-electron chi connectivity index (χ0n) is 6.43. The van der Waals surface area contributed by atoms with Crippen molar-refractivity contribution in [1.29, 1.82) is 0 Å². The third-order valence-corrected chi connectivity index (χ3v) is 1.60. The van der Waals surface area contributed by atoms with Gasteiger partial charge in [0, 0.05) is 12.0 Å². The van der Waals surface area contributed by atoms with Crippen LogP contribution in [0, 0.1) is 0 Å². The van der Waals surface area contributed by atoms with Gasteiger partial charge in [0.2, 0.25) is 0 Å². The van der Waals surface area contributed by atoms with Crippen molar-refractivity contribution in [1.82, 2.24) is 0 Å². The van der Waals surface area contributed by atoms with Crippen LogP contribution in [0.2, 0.25) is 0 Å². The van der Waals surface area contributed by atoms with Crippen molar-refractivity contribution in [2.75, 3.05) is 6.67 Å². The summed E-state index contributed by atoms with van der Waals surface area (Å²) in [6, 6.07) is 7.28. The third kappa shape index (κ3) is 2.00. The Balaban J connectivity index is 2.82. The monoisotopic (exact) mass is 174 g/mol. The summed E-state index contributed by atoms with van der Waals surface area (Å²) in [6.45, 7) is -0.998. The second-order valence-corrected chi connectivity index (χ2v) is 2.51. The normalized spacial score (nSPS) is 11.6. The number of halogens is 3. The van der Waals surface area contributed by atoms with E-state index in [1.54, 1.807) is 6.07 Å². The predicted octanol–water partition coefficient (Wildman–Crippen LogP) is 3.14. The van der Waals surface area contributed by atoms with Crippen molar-refractivity contribution in [3.05, 3.63) is 35.9 Å². The maximum Gasteiger partial charge on any atom is 0.275 e. The van der Waals surface area contributed by atoms with Crippen molar-refractivity contribution in [3.8, 4) is 0 Å². The molecule has 3 heteroatoms. The number of alkyl halides is 3. The van der Waals surface area contributed by atoms with Crippen LogP contribution < -0.4 is 0 Å². The lowest BCUT2D eigenvalue weighted by Gasteiger charge is -2.13. The zero-order valence-corrected chi connectivity index (χ0v) is 6.43. The zero-order chi connectivity index (χ0) is 9.03. The molecule has 0 saturated carbocycles. The average Bonchev–Trinajstić information content (AvgIpc) is 2.06. The highest BCUT2D eigenvalue weighted by atomic mass is 19.3. The first-order valence-electron chi connectivity index (χ1n) is 3.66. The van der Waals surface area contributed by atoms with Crippen LogP contribution in [0.15, 0.2) is 30.3 Å². The smallest absolute Gasteiger partial charge is 0.251 e. The largest absolute Gasteiger partial charge is 0.275 e. The van der Waals surface area contributed by atoms with Gasteiger partial charge < -0.3 is 0 Å². The van der Waals surface area contributed by atoms with Gasteiger partial charge in [-0.25, -0.2) is 8.78 Å². The van der Waals surface area contributed by atoms with E-state index in [1.807, 2.05) is 0 Å². The first-order valence-corrected chi connectivity index (χ1v) is 3.66. The number of hydrogen-bond donors (Lipinski definition) is 0. The number of hydrogen-bond acceptors (Lipinski definition) is 0. The van der Waals surface area contributed by atoms with Gasteiger partial charge >= 0.3 is 0 Å². The molecular formula is C9H9F3. The molecule has 0 heterocycles. The molecule has 0 aliphatic carbocycles. The van der Waals surface area contributed by atoms with E-state index in [2.05, 4.69) is 0 Å². The molecule has 1 aromatic rings. The SMILES string of the molecule is FCCC(F)(F)c1ccccc1. The summed E-state index contributed by atoms with van der Waals surface area (Å²) in [6.07, 6.45) is -0.739. The van der Waals surface area contributed by atoms with E-state index in [0.717, 1.165) is 0 Å². The predicted molar refractivity (Wildman–Crippen MR) is 40.9 cm³/mol. The molecule has 0 bridgehead atoms. The molecule has 12 heavy (non-hydrogen) atoms. The van der Waals surface area contributed by atoms with E-state index < -0.39 is 19.0 Å². The fourth-order valence-electron chi connectivity index (χ4n) is 0.945. The summed E-state index contributed by atoms with van der Waals surface area (Å²) < 4.78 is 37.5. The van der Waals surface area contributed by atoms with Crippen LogP contribution in [0.25, 0.3) is 0 Å². The fourth-order valence-corrected chi connectivity index (χ4v) is 0.945. The summed E-state index contributed by atoms with van der Waals surface area (Å²) in [7, 11) is 0. The lowest BCUT2D eigenvalue weighted by molar-refractivity contribution is -0.0188. The molecule has 0 unspecified atom stereocenters. The highest BCUT2D eigenvalue weighted by molar-refractivity contribution is 5.19. The molecule has 0 nitrogen and oxygen atoms in total. The first kappa shape index (κ1) is 9.10. The van der Waals surface area contributed by atoms with E-state index in [-0.39, 0.29) is 5.56 Å². The molecule has 1 rings (SSSR count). The summed E-state index contributed by atoms with van der Waals surface area (Å²) >= 11 is 0. The fraction of sp³-hybridized carbons (Fsp3) is 0.333. The second-order valence-electron chi connectivity index (χ2n) is 2.51. The third-order valence-electron chi connectivity index (χ3n) is 1.60. The molecule has 0 N–H and O–H groups in total. The minimum Gasteiger partial charge on any atom is -0.251 e. The maximum atomic E-state index is 12.9. The van der Waals surface area contributed by atoms with Gasteiger partial charge in [0.1, 0.15) is 0 Å². The summed E-state index contributed by atoms with van der Waals surface area (Å²) in [4.78, 5) is 0. The number of benzene rings is 1. The van der Waals surface area contributed by atoms with Crippen LogP contribution in [-0.4, -0.2) is 6.67 Å². The van der Waals surface area contributed by atoms with E-state index in [4.69, 9.17) is 0 Å². The van der Waals surface area contributed by atoms with E-state index in [0.29, 0.717) is 0 Å². The molecule has 0 aliphatic heterocycles. The van der Waals surface area contributed by atoms with Crippen LogP contribution in [0.4, 0.5) is 13.2 Å². The van der Waals surface area contributed by atoms with Crippen molar-refractivity contribution in [3.63, 3.8) is 0 Å². The van der Waals surface area contributed by atoms with Gasteiger partial charge in [0.25, 0.3) is 5.92 Å². The molecule has 0 amide bonds. The Morgan fingerprint density at radius 2 is 1.67 bits per heavy atom. The summed E-state index contributed by atoms with van der Waals surface area (Å²) in [5.74, 6) is -3.03. The summed E-state index contributed by atoms with van der Waals surface area (Å²) in [5, 5.41) is 0.